The fraction of sp³-hybridized carbons (Fsp3) is 0.222. The van der Waals surface area contributed by atoms with Crippen molar-refractivity contribution in [2.75, 3.05) is 25.1 Å². The van der Waals surface area contributed by atoms with Gasteiger partial charge in [0.25, 0.3) is 5.91 Å². The number of nitrogens with zero attached hydrogens (tertiary/aromatic N) is 2. The second-order valence-corrected chi connectivity index (χ2v) is 8.34. The highest BCUT2D eigenvalue weighted by Crippen LogP contribution is 2.26. The maximum absolute atomic E-state index is 12.9. The Balaban J connectivity index is 1.43. The van der Waals surface area contributed by atoms with Crippen LogP contribution in [-0.2, 0) is 9.59 Å². The third-order valence-electron chi connectivity index (χ3n) is 5.64. The van der Waals surface area contributed by atoms with Crippen LogP contribution in [0.1, 0.15) is 18.1 Å². The van der Waals surface area contributed by atoms with E-state index in [1.807, 2.05) is 61.6 Å². The Hall–Kier alpha value is -4.33. The Labute approximate surface area is 204 Å². The number of likely N-dealkylation sites (N-methyl/N-ethyl adjacent to an activating group) is 1. The van der Waals surface area contributed by atoms with E-state index in [9.17, 15) is 14.7 Å². The number of amides is 2. The summed E-state index contributed by atoms with van der Waals surface area (Å²) in [5, 5.41) is 14.9. The average molecular weight is 473 g/mol. The first kappa shape index (κ1) is 23.8. The number of nitrogens with one attached hydrogen (secondary N) is 2. The van der Waals surface area contributed by atoms with Crippen molar-refractivity contribution >= 4 is 23.2 Å². The molecule has 8 heteroatoms. The molecule has 1 aliphatic heterocycles. The van der Waals surface area contributed by atoms with Gasteiger partial charge in [0, 0.05) is 23.9 Å². The SMILES string of the molecule is C[C@H](NC(=O)COc1ccc(O)cc1)C(=O)N[C@@H]1CN(C)c2ccccc2C(c2ccccc2)=N1. The molecule has 2 amide bonds. The Morgan fingerprint density at radius 1 is 1.06 bits per heavy atom. The lowest BCUT2D eigenvalue weighted by atomic mass is 10.0. The molecule has 0 unspecified atom stereocenters. The normalized spacial score (nSPS) is 15.8. The first-order valence-electron chi connectivity index (χ1n) is 11.4. The fourth-order valence-corrected chi connectivity index (χ4v) is 3.86. The number of anilines is 1. The van der Waals surface area contributed by atoms with Crippen molar-refractivity contribution in [1.29, 1.82) is 0 Å². The number of carbonyl (C=O) groups excluding carboxylic acids is 2. The van der Waals surface area contributed by atoms with Crippen molar-refractivity contribution in [3.63, 3.8) is 0 Å². The van der Waals surface area contributed by atoms with Crippen LogP contribution in [0.3, 0.4) is 0 Å². The fourth-order valence-electron chi connectivity index (χ4n) is 3.86. The number of hydrogen-bond donors (Lipinski definition) is 3. The predicted octanol–water partition coefficient (Wildman–Crippen LogP) is 2.71. The number of carbonyl (C=O) groups is 2. The van der Waals surface area contributed by atoms with E-state index in [-0.39, 0.29) is 18.3 Å². The smallest absolute Gasteiger partial charge is 0.258 e. The summed E-state index contributed by atoms with van der Waals surface area (Å²) in [7, 11) is 1.97. The van der Waals surface area contributed by atoms with E-state index in [2.05, 4.69) is 15.5 Å². The van der Waals surface area contributed by atoms with Crippen molar-refractivity contribution in [3.05, 3.63) is 90.0 Å². The van der Waals surface area contributed by atoms with Crippen molar-refractivity contribution in [2.45, 2.75) is 19.1 Å². The van der Waals surface area contributed by atoms with Crippen molar-refractivity contribution in [3.8, 4) is 11.5 Å². The monoisotopic (exact) mass is 472 g/mol. The van der Waals surface area contributed by atoms with Crippen molar-refractivity contribution < 1.29 is 19.4 Å². The molecule has 0 radical (unpaired) electrons. The molecule has 4 rings (SSSR count). The number of benzene rings is 3. The summed E-state index contributed by atoms with van der Waals surface area (Å²) in [6, 6.07) is 23.2. The molecule has 0 saturated carbocycles. The molecule has 0 saturated heterocycles. The lowest BCUT2D eigenvalue weighted by molar-refractivity contribution is -0.129. The zero-order valence-electron chi connectivity index (χ0n) is 19.6. The minimum atomic E-state index is -0.780. The van der Waals surface area contributed by atoms with Crippen molar-refractivity contribution in [2.24, 2.45) is 4.99 Å². The highest BCUT2D eigenvalue weighted by molar-refractivity contribution is 6.16. The van der Waals surface area contributed by atoms with Gasteiger partial charge >= 0.3 is 0 Å². The predicted molar refractivity (Wildman–Crippen MR) is 135 cm³/mol. The zero-order chi connectivity index (χ0) is 24.8. The molecule has 3 aromatic rings. The summed E-state index contributed by atoms with van der Waals surface area (Å²) in [5.41, 5.74) is 3.78. The summed E-state index contributed by atoms with van der Waals surface area (Å²) in [4.78, 5) is 32.2. The summed E-state index contributed by atoms with van der Waals surface area (Å²) in [6.07, 6.45) is -0.511. The standard InChI is InChI=1S/C27H28N4O4/c1-18(28-25(33)17-35-21-14-12-20(32)13-15-21)27(34)30-24-16-31(2)23-11-7-6-10-22(23)26(29-24)19-8-4-3-5-9-19/h3-15,18,24,32H,16-17H2,1-2H3,(H,28,33)(H,30,34)/t18-,24+/m0/s1. The van der Waals surface area contributed by atoms with Gasteiger partial charge in [-0.15, -0.1) is 0 Å². The van der Waals surface area contributed by atoms with Gasteiger partial charge < -0.3 is 25.4 Å². The van der Waals surface area contributed by atoms with Crippen LogP contribution >= 0.6 is 0 Å². The Kier molecular flexibility index (Phi) is 7.30. The van der Waals surface area contributed by atoms with E-state index in [4.69, 9.17) is 9.73 Å². The molecule has 2 atom stereocenters. The number of phenols is 1. The maximum atomic E-state index is 12.9. The summed E-state index contributed by atoms with van der Waals surface area (Å²) in [6.45, 7) is 1.84. The second-order valence-electron chi connectivity index (χ2n) is 8.34. The topological polar surface area (TPSA) is 103 Å². The number of fused-ring (bicyclic) bond motifs is 1. The third-order valence-corrected chi connectivity index (χ3v) is 5.64. The average Bonchev–Trinajstić information content (AvgIpc) is 3.00. The van der Waals surface area contributed by atoms with Gasteiger partial charge in [-0.2, -0.15) is 0 Å². The largest absolute Gasteiger partial charge is 0.508 e. The van der Waals surface area contributed by atoms with E-state index >= 15 is 0 Å². The van der Waals surface area contributed by atoms with Gasteiger partial charge in [-0.05, 0) is 37.3 Å². The molecule has 0 aliphatic carbocycles. The van der Waals surface area contributed by atoms with Crippen LogP contribution in [0.4, 0.5) is 5.69 Å². The second kappa shape index (κ2) is 10.7. The number of aromatic hydroxyl groups is 1. The molecule has 0 bridgehead atoms. The van der Waals surface area contributed by atoms with Gasteiger partial charge in [0.2, 0.25) is 5.91 Å². The number of ether oxygens (including phenoxy) is 1. The number of benzodiazepines with no additional fused rings is 1. The molecule has 8 nitrogen and oxygen atoms in total. The lowest BCUT2D eigenvalue weighted by Crippen LogP contribution is -2.50. The van der Waals surface area contributed by atoms with Crippen LogP contribution in [0.15, 0.2) is 83.9 Å². The minimum absolute atomic E-state index is 0.109. The Morgan fingerprint density at radius 3 is 2.49 bits per heavy atom. The van der Waals surface area contributed by atoms with E-state index in [1.165, 1.54) is 12.1 Å². The van der Waals surface area contributed by atoms with Crippen LogP contribution in [-0.4, -0.2) is 55.0 Å². The van der Waals surface area contributed by atoms with Crippen LogP contribution in [0, 0.1) is 0 Å². The van der Waals surface area contributed by atoms with Crippen LogP contribution in [0.2, 0.25) is 0 Å². The number of aliphatic imine (C=N–C) groups is 1. The summed E-state index contributed by atoms with van der Waals surface area (Å²) >= 11 is 0. The van der Waals surface area contributed by atoms with Crippen LogP contribution < -0.4 is 20.3 Å². The summed E-state index contributed by atoms with van der Waals surface area (Å²) < 4.78 is 5.40. The van der Waals surface area contributed by atoms with E-state index < -0.39 is 18.1 Å². The number of phenolic OH excluding ortho intramolecular Hbond substituents is 1. The molecule has 3 N–H and O–H groups in total. The molecular formula is C27H28N4O4. The molecule has 35 heavy (non-hydrogen) atoms. The molecule has 1 heterocycles. The first-order valence-corrected chi connectivity index (χ1v) is 11.4. The molecule has 0 fully saturated rings. The molecule has 0 spiro atoms. The van der Waals surface area contributed by atoms with Crippen LogP contribution in [0.5, 0.6) is 11.5 Å². The number of rotatable bonds is 7. The maximum Gasteiger partial charge on any atom is 0.258 e. The molecule has 180 valence electrons. The van der Waals surface area contributed by atoms with E-state index in [1.54, 1.807) is 19.1 Å². The Bertz CT molecular complexity index is 1210. The first-order chi connectivity index (χ1) is 16.9. The van der Waals surface area contributed by atoms with Gasteiger partial charge in [0.15, 0.2) is 6.61 Å². The highest BCUT2D eigenvalue weighted by Gasteiger charge is 2.25. The molecule has 3 aromatic carbocycles. The van der Waals surface area contributed by atoms with Crippen molar-refractivity contribution in [1.82, 2.24) is 10.6 Å². The van der Waals surface area contributed by atoms with Gasteiger partial charge in [0.05, 0.1) is 12.3 Å². The van der Waals surface area contributed by atoms with Gasteiger partial charge in [0.1, 0.15) is 23.7 Å². The van der Waals surface area contributed by atoms with Gasteiger partial charge in [-0.1, -0.05) is 48.5 Å². The third kappa shape index (κ3) is 5.97. The zero-order valence-corrected chi connectivity index (χ0v) is 19.6. The number of para-hydroxylation sites is 1. The van der Waals surface area contributed by atoms with E-state index in [0.717, 1.165) is 22.5 Å². The van der Waals surface area contributed by atoms with E-state index in [0.29, 0.717) is 12.3 Å². The molecule has 1 aliphatic rings. The lowest BCUT2D eigenvalue weighted by Gasteiger charge is -2.24. The van der Waals surface area contributed by atoms with Gasteiger partial charge in [-0.25, -0.2) is 0 Å². The molecular weight excluding hydrogens is 444 g/mol. The highest BCUT2D eigenvalue weighted by atomic mass is 16.5. The summed E-state index contributed by atoms with van der Waals surface area (Å²) in [5.74, 6) is -0.223. The number of hydrogen-bond acceptors (Lipinski definition) is 6. The van der Waals surface area contributed by atoms with Crippen LogP contribution in [0.25, 0.3) is 0 Å². The molecule has 0 aromatic heterocycles. The minimum Gasteiger partial charge on any atom is -0.508 e. The Morgan fingerprint density at radius 2 is 1.74 bits per heavy atom. The van der Waals surface area contributed by atoms with Gasteiger partial charge in [-0.3, -0.25) is 14.6 Å². The quantitative estimate of drug-likeness (QED) is 0.491.